The summed E-state index contributed by atoms with van der Waals surface area (Å²) in [5.74, 6) is -0.600. The fourth-order valence-corrected chi connectivity index (χ4v) is 1.11. The van der Waals surface area contributed by atoms with E-state index in [4.69, 9.17) is 4.74 Å². The fourth-order valence-electron chi connectivity index (χ4n) is 1.11. The first kappa shape index (κ1) is 10.2. The molecule has 1 fully saturated rings. The van der Waals surface area contributed by atoms with Crippen molar-refractivity contribution in [2.45, 2.75) is 25.1 Å². The van der Waals surface area contributed by atoms with E-state index in [1.807, 2.05) is 0 Å². The van der Waals surface area contributed by atoms with Crippen LogP contribution in [0.4, 0.5) is 4.39 Å². The molecule has 0 radical (unpaired) electrons. The monoisotopic (exact) mass is 187 g/mol. The number of alkyl halides is 1. The normalized spacial score (nSPS) is 29.7. The maximum Gasteiger partial charge on any atom is 0.260 e. The molecule has 0 aromatic heterocycles. The summed E-state index contributed by atoms with van der Waals surface area (Å²) in [4.78, 5) is 11.3. The van der Waals surface area contributed by atoms with Gasteiger partial charge in [-0.25, -0.2) is 4.39 Å². The zero-order valence-electron chi connectivity index (χ0n) is 7.68. The SMILES string of the molecule is C=CC(C)NC(=O)C1(F)CCOC1. The van der Waals surface area contributed by atoms with E-state index >= 15 is 0 Å². The van der Waals surface area contributed by atoms with Crippen molar-refractivity contribution in [3.05, 3.63) is 12.7 Å². The summed E-state index contributed by atoms with van der Waals surface area (Å²) in [6.45, 7) is 5.41. The van der Waals surface area contributed by atoms with Crippen LogP contribution in [0.15, 0.2) is 12.7 Å². The lowest BCUT2D eigenvalue weighted by molar-refractivity contribution is -0.133. The molecule has 0 aromatic rings. The molecule has 0 bridgehead atoms. The highest BCUT2D eigenvalue weighted by molar-refractivity contribution is 5.85. The van der Waals surface area contributed by atoms with E-state index in [2.05, 4.69) is 11.9 Å². The van der Waals surface area contributed by atoms with Gasteiger partial charge in [0.05, 0.1) is 13.2 Å². The maximum absolute atomic E-state index is 13.6. The number of halogens is 1. The van der Waals surface area contributed by atoms with E-state index in [-0.39, 0.29) is 19.1 Å². The number of hydrogen-bond donors (Lipinski definition) is 1. The topological polar surface area (TPSA) is 38.3 Å². The predicted molar refractivity (Wildman–Crippen MR) is 47.1 cm³/mol. The Bertz CT molecular complexity index is 212. The van der Waals surface area contributed by atoms with Gasteiger partial charge in [0.15, 0.2) is 0 Å². The molecule has 1 N–H and O–H groups in total. The number of hydrogen-bond acceptors (Lipinski definition) is 2. The molecule has 0 spiro atoms. The zero-order chi connectivity index (χ0) is 9.90. The van der Waals surface area contributed by atoms with Gasteiger partial charge in [-0.2, -0.15) is 0 Å². The molecule has 2 atom stereocenters. The first-order valence-electron chi connectivity index (χ1n) is 4.29. The van der Waals surface area contributed by atoms with Crippen LogP contribution in [0, 0.1) is 0 Å². The van der Waals surface area contributed by atoms with Crippen LogP contribution in [0.5, 0.6) is 0 Å². The van der Waals surface area contributed by atoms with Crippen LogP contribution in [-0.4, -0.2) is 30.8 Å². The molecule has 3 nitrogen and oxygen atoms in total. The Balaban J connectivity index is 2.51. The lowest BCUT2D eigenvalue weighted by atomic mass is 10.0. The van der Waals surface area contributed by atoms with Crippen molar-refractivity contribution in [1.82, 2.24) is 5.32 Å². The predicted octanol–water partition coefficient (Wildman–Crippen LogP) is 0.806. The molecule has 0 aliphatic carbocycles. The Morgan fingerprint density at radius 1 is 1.85 bits per heavy atom. The molecular weight excluding hydrogens is 173 g/mol. The van der Waals surface area contributed by atoms with Gasteiger partial charge < -0.3 is 10.1 Å². The van der Waals surface area contributed by atoms with Crippen molar-refractivity contribution in [2.75, 3.05) is 13.2 Å². The number of ether oxygens (including phenoxy) is 1. The van der Waals surface area contributed by atoms with Crippen LogP contribution >= 0.6 is 0 Å². The van der Waals surface area contributed by atoms with Crippen molar-refractivity contribution in [3.8, 4) is 0 Å². The van der Waals surface area contributed by atoms with Gasteiger partial charge in [0, 0.05) is 12.5 Å². The second kappa shape index (κ2) is 3.87. The van der Waals surface area contributed by atoms with Crippen LogP contribution in [0.1, 0.15) is 13.3 Å². The van der Waals surface area contributed by atoms with Gasteiger partial charge >= 0.3 is 0 Å². The van der Waals surface area contributed by atoms with Crippen molar-refractivity contribution in [3.63, 3.8) is 0 Å². The molecule has 1 rings (SSSR count). The minimum absolute atomic E-state index is 0.136. The van der Waals surface area contributed by atoms with Crippen LogP contribution in [0.2, 0.25) is 0 Å². The van der Waals surface area contributed by atoms with Gasteiger partial charge in [0.2, 0.25) is 5.67 Å². The van der Waals surface area contributed by atoms with Gasteiger partial charge in [-0.1, -0.05) is 6.08 Å². The Labute approximate surface area is 77.0 Å². The molecule has 1 amide bonds. The van der Waals surface area contributed by atoms with Gasteiger partial charge in [0.25, 0.3) is 5.91 Å². The lowest BCUT2D eigenvalue weighted by Crippen LogP contribution is -2.46. The van der Waals surface area contributed by atoms with Gasteiger partial charge in [0.1, 0.15) is 0 Å². The average molecular weight is 187 g/mol. The van der Waals surface area contributed by atoms with Gasteiger partial charge in [-0.3, -0.25) is 4.79 Å². The van der Waals surface area contributed by atoms with E-state index in [0.717, 1.165) is 0 Å². The second-order valence-corrected chi connectivity index (χ2v) is 3.27. The highest BCUT2D eigenvalue weighted by Gasteiger charge is 2.42. The molecule has 74 valence electrons. The summed E-state index contributed by atoms with van der Waals surface area (Å²) < 4.78 is 18.5. The van der Waals surface area contributed by atoms with E-state index < -0.39 is 11.6 Å². The highest BCUT2D eigenvalue weighted by Crippen LogP contribution is 2.23. The van der Waals surface area contributed by atoms with Crippen molar-refractivity contribution in [1.29, 1.82) is 0 Å². The summed E-state index contributed by atoms with van der Waals surface area (Å²) in [6.07, 6.45) is 1.69. The minimum atomic E-state index is -1.84. The first-order valence-corrected chi connectivity index (χ1v) is 4.29. The number of carbonyl (C=O) groups excluding carboxylic acids is 1. The third-order valence-electron chi connectivity index (χ3n) is 2.09. The van der Waals surface area contributed by atoms with Crippen LogP contribution < -0.4 is 5.32 Å². The van der Waals surface area contributed by atoms with Crippen molar-refractivity contribution >= 4 is 5.91 Å². The van der Waals surface area contributed by atoms with E-state index in [1.165, 1.54) is 0 Å². The minimum Gasteiger partial charge on any atom is -0.377 e. The van der Waals surface area contributed by atoms with Crippen LogP contribution in [0.3, 0.4) is 0 Å². The molecule has 1 aliphatic rings. The summed E-state index contributed by atoms with van der Waals surface area (Å²) in [5.41, 5.74) is -1.84. The Morgan fingerprint density at radius 3 is 3.00 bits per heavy atom. The number of carbonyl (C=O) groups is 1. The molecule has 2 unspecified atom stereocenters. The quantitative estimate of drug-likeness (QED) is 0.664. The standard InChI is InChI=1S/C9H14FNO2/c1-3-7(2)11-8(12)9(10)4-5-13-6-9/h3,7H,1,4-6H2,2H3,(H,11,12). The Morgan fingerprint density at radius 2 is 2.54 bits per heavy atom. The van der Waals surface area contributed by atoms with Crippen molar-refractivity contribution < 1.29 is 13.9 Å². The largest absolute Gasteiger partial charge is 0.377 e. The molecular formula is C9H14FNO2. The molecule has 1 heterocycles. The van der Waals surface area contributed by atoms with E-state index in [1.54, 1.807) is 13.0 Å². The van der Waals surface area contributed by atoms with Gasteiger partial charge in [-0.15, -0.1) is 6.58 Å². The number of rotatable bonds is 3. The Kier molecular flexibility index (Phi) is 3.03. The van der Waals surface area contributed by atoms with Gasteiger partial charge in [-0.05, 0) is 6.92 Å². The third-order valence-corrected chi connectivity index (χ3v) is 2.09. The Hall–Kier alpha value is -0.900. The zero-order valence-corrected chi connectivity index (χ0v) is 7.68. The fraction of sp³-hybridized carbons (Fsp3) is 0.667. The molecule has 4 heteroatoms. The molecule has 0 saturated carbocycles. The summed E-state index contributed by atoms with van der Waals surface area (Å²) in [6, 6.07) is -0.208. The average Bonchev–Trinajstić information content (AvgIpc) is 2.53. The second-order valence-electron chi connectivity index (χ2n) is 3.27. The summed E-state index contributed by atoms with van der Waals surface area (Å²) >= 11 is 0. The summed E-state index contributed by atoms with van der Waals surface area (Å²) in [5, 5.41) is 2.50. The number of amides is 1. The van der Waals surface area contributed by atoms with Crippen LogP contribution in [0.25, 0.3) is 0 Å². The van der Waals surface area contributed by atoms with Crippen LogP contribution in [-0.2, 0) is 9.53 Å². The van der Waals surface area contributed by atoms with Crippen molar-refractivity contribution in [2.24, 2.45) is 0 Å². The number of nitrogens with one attached hydrogen (secondary N) is 1. The first-order chi connectivity index (χ1) is 6.08. The van der Waals surface area contributed by atoms with E-state index in [9.17, 15) is 9.18 Å². The highest BCUT2D eigenvalue weighted by atomic mass is 19.1. The molecule has 1 aliphatic heterocycles. The smallest absolute Gasteiger partial charge is 0.260 e. The van der Waals surface area contributed by atoms with E-state index in [0.29, 0.717) is 6.61 Å². The third kappa shape index (κ3) is 2.28. The molecule has 13 heavy (non-hydrogen) atoms. The molecule has 0 aromatic carbocycles. The molecule has 1 saturated heterocycles. The lowest BCUT2D eigenvalue weighted by Gasteiger charge is -2.18. The summed E-state index contributed by atoms with van der Waals surface area (Å²) in [7, 11) is 0. The maximum atomic E-state index is 13.6.